The second-order valence-corrected chi connectivity index (χ2v) is 1.97. The van der Waals surface area contributed by atoms with Gasteiger partial charge in [-0.2, -0.15) is 10.2 Å². The van der Waals surface area contributed by atoms with Gasteiger partial charge < -0.3 is 4.52 Å². The number of nitriles is 1. The lowest BCUT2D eigenvalue weighted by atomic mass is 10.8. The van der Waals surface area contributed by atoms with E-state index in [4.69, 9.17) is 5.26 Å². The first kappa shape index (κ1) is 6.11. The lowest BCUT2D eigenvalue weighted by Crippen LogP contribution is -1.74. The predicted octanol–water partition coefficient (Wildman–Crippen LogP) is 0.784. The zero-order valence-corrected chi connectivity index (χ0v) is 5.26. The second kappa shape index (κ2) is 3.10. The minimum absolute atomic E-state index is 0.469. The summed E-state index contributed by atoms with van der Waals surface area (Å²) in [4.78, 5) is 3.70. The van der Waals surface area contributed by atoms with E-state index in [1.165, 1.54) is 6.33 Å². The van der Waals surface area contributed by atoms with Crippen LogP contribution < -0.4 is 0 Å². The molecule has 0 aliphatic carbocycles. The van der Waals surface area contributed by atoms with Crippen LogP contribution in [0.5, 0.6) is 0 Å². The summed E-state index contributed by atoms with van der Waals surface area (Å²) in [6.45, 7) is 0. The van der Waals surface area contributed by atoms with Crippen LogP contribution in [0.25, 0.3) is 0 Å². The van der Waals surface area contributed by atoms with Gasteiger partial charge >= 0.3 is 0 Å². The molecule has 46 valence electrons. The molecule has 0 saturated heterocycles. The summed E-state index contributed by atoms with van der Waals surface area (Å²) in [7, 11) is 0. The molecule has 5 heteroatoms. The molecular formula is C4H3N3OS. The van der Waals surface area contributed by atoms with E-state index in [0.717, 1.165) is 11.8 Å². The van der Waals surface area contributed by atoms with Gasteiger partial charge in [0, 0.05) is 0 Å². The number of thiocyanates is 1. The summed E-state index contributed by atoms with van der Waals surface area (Å²) in [5.41, 5.74) is 0. The molecule has 0 spiro atoms. The molecule has 9 heavy (non-hydrogen) atoms. The molecule has 1 aromatic rings. The number of nitrogens with zero attached hydrogens (tertiary/aromatic N) is 3. The number of hydrogen-bond acceptors (Lipinski definition) is 5. The third-order valence-corrected chi connectivity index (χ3v) is 1.19. The number of rotatable bonds is 2. The SMILES string of the molecule is N#CSCc1ncno1. The highest BCUT2D eigenvalue weighted by molar-refractivity contribution is 8.02. The van der Waals surface area contributed by atoms with Crippen LogP contribution in [0.4, 0.5) is 0 Å². The topological polar surface area (TPSA) is 62.7 Å². The highest BCUT2D eigenvalue weighted by Crippen LogP contribution is 2.05. The maximum absolute atomic E-state index is 8.09. The van der Waals surface area contributed by atoms with E-state index in [1.54, 1.807) is 0 Å². The van der Waals surface area contributed by atoms with Crippen molar-refractivity contribution in [1.82, 2.24) is 10.1 Å². The molecule has 0 saturated carbocycles. The van der Waals surface area contributed by atoms with Crippen molar-refractivity contribution in [2.24, 2.45) is 0 Å². The molecule has 0 aliphatic heterocycles. The van der Waals surface area contributed by atoms with Gasteiger partial charge in [0.05, 0.1) is 5.75 Å². The predicted molar refractivity (Wildman–Crippen MR) is 31.2 cm³/mol. The molecule has 1 aromatic heterocycles. The molecule has 0 aromatic carbocycles. The molecule has 0 radical (unpaired) electrons. The smallest absolute Gasteiger partial charge is 0.237 e. The van der Waals surface area contributed by atoms with E-state index in [9.17, 15) is 0 Å². The molecule has 0 N–H and O–H groups in total. The van der Waals surface area contributed by atoms with Crippen molar-refractivity contribution in [2.75, 3.05) is 0 Å². The molecule has 0 atom stereocenters. The third-order valence-electron chi connectivity index (χ3n) is 0.667. The minimum atomic E-state index is 0.469. The summed E-state index contributed by atoms with van der Waals surface area (Å²) >= 11 is 1.08. The maximum Gasteiger partial charge on any atom is 0.237 e. The summed E-state index contributed by atoms with van der Waals surface area (Å²) in [5, 5.41) is 13.3. The van der Waals surface area contributed by atoms with Crippen LogP contribution in [0, 0.1) is 10.7 Å². The third kappa shape index (κ3) is 1.74. The summed E-state index contributed by atoms with van der Waals surface area (Å²) in [6.07, 6.45) is 1.31. The number of aromatic nitrogens is 2. The lowest BCUT2D eigenvalue weighted by Gasteiger charge is -1.79. The molecule has 1 rings (SSSR count). The average molecular weight is 141 g/mol. The van der Waals surface area contributed by atoms with Gasteiger partial charge in [-0.3, -0.25) is 0 Å². The zero-order chi connectivity index (χ0) is 6.53. The van der Waals surface area contributed by atoms with Crippen molar-refractivity contribution in [3.63, 3.8) is 0 Å². The van der Waals surface area contributed by atoms with Crippen molar-refractivity contribution < 1.29 is 4.52 Å². The van der Waals surface area contributed by atoms with Crippen molar-refractivity contribution in [3.05, 3.63) is 12.2 Å². The first-order chi connectivity index (χ1) is 4.43. The highest BCUT2D eigenvalue weighted by atomic mass is 32.2. The van der Waals surface area contributed by atoms with Gasteiger partial charge in [0.15, 0.2) is 6.33 Å². The fourth-order valence-corrected chi connectivity index (χ4v) is 0.669. The van der Waals surface area contributed by atoms with E-state index in [2.05, 4.69) is 14.7 Å². The zero-order valence-electron chi connectivity index (χ0n) is 4.44. The Hall–Kier alpha value is -1.02. The molecule has 1 heterocycles. The van der Waals surface area contributed by atoms with E-state index in [-0.39, 0.29) is 0 Å². The van der Waals surface area contributed by atoms with Crippen molar-refractivity contribution in [3.8, 4) is 5.40 Å². The fourth-order valence-electron chi connectivity index (χ4n) is 0.354. The van der Waals surface area contributed by atoms with E-state index < -0.39 is 0 Å². The molecule has 0 amide bonds. The molecule has 0 fully saturated rings. The largest absolute Gasteiger partial charge is 0.339 e. The normalized spacial score (nSPS) is 8.78. The Balaban J connectivity index is 2.41. The molecule has 0 unspecified atom stereocenters. The van der Waals surface area contributed by atoms with Crippen LogP contribution in [0.2, 0.25) is 0 Å². The van der Waals surface area contributed by atoms with Gasteiger partial charge in [-0.25, -0.2) is 0 Å². The molecule has 0 aliphatic rings. The van der Waals surface area contributed by atoms with Gasteiger partial charge in [0.2, 0.25) is 5.89 Å². The Kier molecular flexibility index (Phi) is 2.10. The van der Waals surface area contributed by atoms with Crippen LogP contribution in [0.3, 0.4) is 0 Å². The van der Waals surface area contributed by atoms with Gasteiger partial charge in [0.1, 0.15) is 5.40 Å². The van der Waals surface area contributed by atoms with Crippen LogP contribution >= 0.6 is 11.8 Å². The van der Waals surface area contributed by atoms with E-state index in [0.29, 0.717) is 11.6 Å². The minimum Gasteiger partial charge on any atom is -0.339 e. The van der Waals surface area contributed by atoms with Crippen molar-refractivity contribution in [1.29, 1.82) is 5.26 Å². The first-order valence-corrected chi connectivity index (χ1v) is 3.18. The summed E-state index contributed by atoms with van der Waals surface area (Å²) in [6, 6.07) is 0. The Labute approximate surface area is 55.9 Å². The quantitative estimate of drug-likeness (QED) is 0.569. The number of hydrogen-bond donors (Lipinski definition) is 0. The lowest BCUT2D eigenvalue weighted by molar-refractivity contribution is 0.390. The Morgan fingerprint density at radius 1 is 1.89 bits per heavy atom. The van der Waals surface area contributed by atoms with Gasteiger partial charge in [0.25, 0.3) is 0 Å². The fraction of sp³-hybridized carbons (Fsp3) is 0.250. The van der Waals surface area contributed by atoms with Crippen LogP contribution in [0.1, 0.15) is 5.89 Å². The first-order valence-electron chi connectivity index (χ1n) is 2.20. The molecular weight excluding hydrogens is 138 g/mol. The van der Waals surface area contributed by atoms with Crippen LogP contribution in [-0.4, -0.2) is 10.1 Å². The second-order valence-electron chi connectivity index (χ2n) is 1.21. The van der Waals surface area contributed by atoms with E-state index in [1.807, 2.05) is 5.40 Å². The average Bonchev–Trinajstić information content (AvgIpc) is 2.34. The maximum atomic E-state index is 8.09. The summed E-state index contributed by atoms with van der Waals surface area (Å²) < 4.78 is 4.60. The van der Waals surface area contributed by atoms with Gasteiger partial charge in [-0.1, -0.05) is 5.16 Å². The van der Waals surface area contributed by atoms with Crippen molar-refractivity contribution in [2.45, 2.75) is 5.75 Å². The Morgan fingerprint density at radius 2 is 2.78 bits per heavy atom. The van der Waals surface area contributed by atoms with Gasteiger partial charge in [-0.15, -0.1) is 0 Å². The molecule has 0 bridgehead atoms. The van der Waals surface area contributed by atoms with Crippen molar-refractivity contribution >= 4 is 11.8 Å². The molecule has 4 nitrogen and oxygen atoms in total. The van der Waals surface area contributed by atoms with Crippen LogP contribution in [0.15, 0.2) is 10.9 Å². The standard InChI is InChI=1S/C4H3N3OS/c5-2-9-1-4-6-3-7-8-4/h3H,1H2. The highest BCUT2D eigenvalue weighted by Gasteiger charge is 1.95. The Morgan fingerprint density at radius 3 is 3.33 bits per heavy atom. The summed E-state index contributed by atoms with van der Waals surface area (Å²) in [5.74, 6) is 0.956. The van der Waals surface area contributed by atoms with E-state index >= 15 is 0 Å². The Bertz CT molecular complexity index is 202. The van der Waals surface area contributed by atoms with Crippen LogP contribution in [-0.2, 0) is 5.75 Å². The van der Waals surface area contributed by atoms with Gasteiger partial charge in [-0.05, 0) is 11.8 Å². The monoisotopic (exact) mass is 141 g/mol. The number of thioether (sulfide) groups is 1.